The lowest BCUT2D eigenvalue weighted by molar-refractivity contribution is -0.147. The number of likely N-dealkylation sites (tertiary alicyclic amines) is 1. The maximum Gasteiger partial charge on any atom is 0.259 e. The predicted molar refractivity (Wildman–Crippen MR) is 219 cm³/mol. The second-order valence-electron chi connectivity index (χ2n) is 17.4. The zero-order chi connectivity index (χ0) is 42.5. The highest BCUT2D eigenvalue weighted by atomic mass is 32.2. The molecule has 324 valence electrons. The van der Waals surface area contributed by atoms with Crippen molar-refractivity contribution >= 4 is 44.6 Å². The zero-order valence-corrected chi connectivity index (χ0v) is 34.6. The van der Waals surface area contributed by atoms with Crippen LogP contribution in [-0.2, 0) is 35.6 Å². The van der Waals surface area contributed by atoms with Crippen LogP contribution in [0.15, 0.2) is 54.7 Å². The van der Waals surface area contributed by atoms with Gasteiger partial charge in [0.2, 0.25) is 27.7 Å². The third-order valence-electron chi connectivity index (χ3n) is 13.1. The molecule has 0 bridgehead atoms. The highest BCUT2D eigenvalue weighted by molar-refractivity contribution is 7.91. The average molecular weight is 861 g/mol. The van der Waals surface area contributed by atoms with Crippen LogP contribution in [0.1, 0.15) is 82.6 Å². The number of hydrogen-bond donors (Lipinski definition) is 2. The number of aromatic nitrogens is 2. The Morgan fingerprint density at radius 1 is 1.03 bits per heavy atom. The Bertz CT molecular complexity index is 2370. The molecule has 0 radical (unpaired) electrons. The number of alkyl halides is 2. The standard InChI is InChI=1S/C44H50F2N6O8S/c45-43(46)16-19-51(20-17-43)38(53)22-27-8-4-2-1-3-5-9-28-25-44(28,42(56)50-61(57,58)30-11-12-30)49-40(54)35-23-29(26-52(35)41(27)55)60-37-24-34(33-10-6-7-18-47-33)48-39-31(37)13-14-36-32(39)15-21-59-36/h5-7,9-10,13-14,18,24,27-30,35H,1-4,8,11-12,15-17,19-23,25-26H2,(H,49,54)(H,50,56)/b9-5-/t27-,28-,29-,35+,44-/m1/s1. The lowest BCUT2D eigenvalue weighted by Gasteiger charge is -2.33. The first-order chi connectivity index (χ1) is 29.3. The fraction of sp³-hybridized carbons (Fsp3) is 0.545. The lowest BCUT2D eigenvalue weighted by atomic mass is 9.94. The van der Waals surface area contributed by atoms with E-state index >= 15 is 0 Å². The molecule has 6 aliphatic rings. The van der Waals surface area contributed by atoms with Crippen molar-refractivity contribution in [1.29, 1.82) is 0 Å². The molecule has 2 aromatic heterocycles. The van der Waals surface area contributed by atoms with Crippen molar-refractivity contribution < 1.29 is 45.9 Å². The van der Waals surface area contributed by atoms with E-state index in [1.54, 1.807) is 18.3 Å². The topological polar surface area (TPSA) is 177 Å². The Morgan fingerprint density at radius 3 is 2.62 bits per heavy atom. The number of amides is 4. The van der Waals surface area contributed by atoms with Gasteiger partial charge in [0.05, 0.1) is 35.3 Å². The summed E-state index contributed by atoms with van der Waals surface area (Å²) in [5.41, 5.74) is 1.24. The van der Waals surface area contributed by atoms with Crippen molar-refractivity contribution in [3.63, 3.8) is 0 Å². The number of halogens is 2. The normalized spacial score (nSPS) is 28.3. The summed E-state index contributed by atoms with van der Waals surface area (Å²) in [4.78, 5) is 69.4. The van der Waals surface area contributed by atoms with Crippen molar-refractivity contribution in [3.8, 4) is 22.9 Å². The van der Waals surface area contributed by atoms with Gasteiger partial charge in [0.1, 0.15) is 29.2 Å². The molecule has 2 N–H and O–H groups in total. The summed E-state index contributed by atoms with van der Waals surface area (Å²) >= 11 is 0. The first-order valence-electron chi connectivity index (χ1n) is 21.5. The number of ether oxygens (including phenoxy) is 2. The average Bonchev–Trinajstić information content (AvgIpc) is 4.12. The van der Waals surface area contributed by atoms with Gasteiger partial charge in [0, 0.05) is 80.2 Å². The van der Waals surface area contributed by atoms with Crippen molar-refractivity contribution in [3.05, 3.63) is 60.3 Å². The predicted octanol–water partition coefficient (Wildman–Crippen LogP) is 4.85. The Labute approximate surface area is 352 Å². The maximum absolute atomic E-state index is 14.9. The van der Waals surface area contributed by atoms with Crippen molar-refractivity contribution in [1.82, 2.24) is 29.8 Å². The van der Waals surface area contributed by atoms with Crippen LogP contribution in [0.2, 0.25) is 0 Å². The smallest absolute Gasteiger partial charge is 0.259 e. The quantitative estimate of drug-likeness (QED) is 0.298. The minimum atomic E-state index is -3.93. The number of sulfonamides is 1. The summed E-state index contributed by atoms with van der Waals surface area (Å²) in [5, 5.41) is 2.96. The summed E-state index contributed by atoms with van der Waals surface area (Å²) in [6.45, 7) is 0.253. The molecular formula is C44H50F2N6O8S. The van der Waals surface area contributed by atoms with Gasteiger partial charge in [0.25, 0.3) is 11.8 Å². The van der Waals surface area contributed by atoms with Crippen molar-refractivity contribution in [2.24, 2.45) is 11.8 Å². The van der Waals surface area contributed by atoms with E-state index in [2.05, 4.69) is 15.0 Å². The van der Waals surface area contributed by atoms with Gasteiger partial charge in [-0.25, -0.2) is 22.2 Å². The summed E-state index contributed by atoms with van der Waals surface area (Å²) in [6.07, 6.45) is 8.50. The Hall–Kier alpha value is -5.19. The summed E-state index contributed by atoms with van der Waals surface area (Å²) in [7, 11) is -3.93. The van der Waals surface area contributed by atoms with Crippen molar-refractivity contribution in [2.45, 2.75) is 112 Å². The number of nitrogens with one attached hydrogen (secondary N) is 2. The Balaban J connectivity index is 1.04. The van der Waals surface area contributed by atoms with Crippen LogP contribution in [0.3, 0.4) is 0 Å². The number of hydrogen-bond acceptors (Lipinski definition) is 10. The van der Waals surface area contributed by atoms with E-state index in [4.69, 9.17) is 14.5 Å². The molecular weight excluding hydrogens is 811 g/mol. The fourth-order valence-electron chi connectivity index (χ4n) is 9.26. The van der Waals surface area contributed by atoms with Gasteiger partial charge in [-0.1, -0.05) is 31.1 Å². The monoisotopic (exact) mass is 860 g/mol. The summed E-state index contributed by atoms with van der Waals surface area (Å²) < 4.78 is 68.9. The van der Waals surface area contributed by atoms with Crippen LogP contribution in [0.25, 0.3) is 22.3 Å². The molecule has 14 nitrogen and oxygen atoms in total. The third kappa shape index (κ3) is 8.54. The molecule has 1 aromatic carbocycles. The van der Waals surface area contributed by atoms with E-state index in [-0.39, 0.29) is 38.9 Å². The van der Waals surface area contributed by atoms with Crippen LogP contribution >= 0.6 is 0 Å². The van der Waals surface area contributed by atoms with Gasteiger partial charge < -0.3 is 24.6 Å². The number of allylic oxidation sites excluding steroid dienone is 1. The van der Waals surface area contributed by atoms with E-state index in [0.29, 0.717) is 73.2 Å². The third-order valence-corrected chi connectivity index (χ3v) is 14.9. The number of carbonyl (C=O) groups excluding carboxylic acids is 4. The molecule has 9 rings (SSSR count). The minimum Gasteiger partial charge on any atom is -0.493 e. The second-order valence-corrected chi connectivity index (χ2v) is 19.4. The van der Waals surface area contributed by atoms with Gasteiger partial charge in [-0.2, -0.15) is 0 Å². The number of carbonyl (C=O) groups is 4. The molecule has 0 spiro atoms. The van der Waals surface area contributed by atoms with Crippen LogP contribution in [0, 0.1) is 11.8 Å². The fourth-order valence-corrected chi connectivity index (χ4v) is 10.6. The number of rotatable bonds is 8. The number of nitrogens with zero attached hydrogens (tertiary/aromatic N) is 4. The molecule has 4 amide bonds. The molecule has 17 heteroatoms. The largest absolute Gasteiger partial charge is 0.493 e. The minimum absolute atomic E-state index is 0.0226. The lowest BCUT2D eigenvalue weighted by Crippen LogP contribution is -2.57. The zero-order valence-electron chi connectivity index (χ0n) is 33.8. The highest BCUT2D eigenvalue weighted by Crippen LogP contribution is 2.46. The number of fused-ring (bicyclic) bond motifs is 5. The summed E-state index contributed by atoms with van der Waals surface area (Å²) in [6, 6.07) is 9.88. The van der Waals surface area contributed by atoms with E-state index in [1.165, 1.54) is 9.80 Å². The highest BCUT2D eigenvalue weighted by Gasteiger charge is 2.62. The van der Waals surface area contributed by atoms with Crippen LogP contribution < -0.4 is 19.5 Å². The van der Waals surface area contributed by atoms with Gasteiger partial charge in [-0.05, 0) is 62.8 Å². The van der Waals surface area contributed by atoms with E-state index in [0.717, 1.165) is 24.2 Å². The molecule has 4 fully saturated rings. The molecule has 4 aliphatic heterocycles. The van der Waals surface area contributed by atoms with Crippen LogP contribution in [-0.4, -0.2) is 107 Å². The first kappa shape index (κ1) is 41.2. The van der Waals surface area contributed by atoms with Crippen molar-refractivity contribution in [2.75, 3.05) is 26.2 Å². The van der Waals surface area contributed by atoms with Gasteiger partial charge in [0.15, 0.2) is 0 Å². The SMILES string of the molecule is O=C1N[C@]2(C(=O)NS(=O)(=O)C3CC3)C[C@H]2/C=C\CCCCC[C@H](CC(=O)N2CCC(F)(F)CC2)C(=O)N2C[C@H](Oc3cc(-c4ccccn4)nc4c5c(ccc34)OCC5)C[C@@H]12. The first-order valence-corrected chi connectivity index (χ1v) is 23.0. The summed E-state index contributed by atoms with van der Waals surface area (Å²) in [5.74, 6) is -5.26. The molecule has 2 saturated heterocycles. The van der Waals surface area contributed by atoms with E-state index in [9.17, 15) is 36.4 Å². The maximum atomic E-state index is 14.9. The van der Waals surface area contributed by atoms with E-state index < -0.39 is 87.2 Å². The van der Waals surface area contributed by atoms with Crippen LogP contribution in [0.4, 0.5) is 8.78 Å². The molecule has 6 heterocycles. The molecule has 3 aromatic rings. The molecule has 5 atom stereocenters. The van der Waals surface area contributed by atoms with Crippen LogP contribution in [0.5, 0.6) is 11.5 Å². The van der Waals surface area contributed by atoms with Gasteiger partial charge in [-0.3, -0.25) is 28.9 Å². The number of pyridine rings is 2. The number of benzene rings is 1. The molecule has 0 unspecified atom stereocenters. The molecule has 2 saturated carbocycles. The van der Waals surface area contributed by atoms with Gasteiger partial charge in [-0.15, -0.1) is 0 Å². The second kappa shape index (κ2) is 16.3. The Morgan fingerprint density at radius 2 is 1.85 bits per heavy atom. The Kier molecular flexibility index (Phi) is 11.0. The number of piperidine rings is 1. The van der Waals surface area contributed by atoms with E-state index in [1.807, 2.05) is 36.4 Å². The molecule has 61 heavy (non-hydrogen) atoms. The van der Waals surface area contributed by atoms with Gasteiger partial charge >= 0.3 is 0 Å². The molecule has 2 aliphatic carbocycles.